The molecule has 1 aromatic carbocycles. The maximum atomic E-state index is 5.94. The van der Waals surface area contributed by atoms with Crippen LogP contribution in [-0.4, -0.2) is 4.98 Å². The number of hydrogen-bond acceptors (Lipinski definition) is 4. The van der Waals surface area contributed by atoms with E-state index in [1.165, 1.54) is 5.56 Å². The highest BCUT2D eigenvalue weighted by molar-refractivity contribution is 9.10. The van der Waals surface area contributed by atoms with Crippen LogP contribution in [0.4, 0.5) is 5.69 Å². The topological polar surface area (TPSA) is 77.0 Å². The van der Waals surface area contributed by atoms with Gasteiger partial charge in [0.1, 0.15) is 0 Å². The highest BCUT2D eigenvalue weighted by atomic mass is 79.9. The molecule has 5 heteroatoms. The lowest BCUT2D eigenvalue weighted by Gasteiger charge is -2.18. The molecule has 0 aliphatic carbocycles. The molecule has 2 rings (SSSR count). The average Bonchev–Trinajstić information content (AvgIpc) is 2.39. The molecule has 0 aliphatic rings. The van der Waals surface area contributed by atoms with Crippen molar-refractivity contribution in [3.8, 4) is 0 Å². The summed E-state index contributed by atoms with van der Waals surface area (Å²) in [6.07, 6.45) is 4.16. The van der Waals surface area contributed by atoms with Crippen LogP contribution < -0.4 is 17.0 Å². The second-order valence-electron chi connectivity index (χ2n) is 4.02. The molecule has 1 aromatic heterocycles. The van der Waals surface area contributed by atoms with Gasteiger partial charge in [-0.15, -0.1) is 0 Å². The largest absolute Gasteiger partial charge is 0.398 e. The first-order chi connectivity index (χ1) is 8.72. The molecule has 1 atom stereocenters. The van der Waals surface area contributed by atoms with Crippen molar-refractivity contribution >= 4 is 21.6 Å². The van der Waals surface area contributed by atoms with Crippen molar-refractivity contribution in [2.24, 2.45) is 5.84 Å². The molecule has 2 aromatic rings. The maximum absolute atomic E-state index is 5.94. The van der Waals surface area contributed by atoms with Gasteiger partial charge in [-0.3, -0.25) is 16.3 Å². The van der Waals surface area contributed by atoms with E-state index in [4.69, 9.17) is 11.6 Å². The third kappa shape index (κ3) is 2.87. The van der Waals surface area contributed by atoms with Gasteiger partial charge >= 0.3 is 0 Å². The smallest absolute Gasteiger partial charge is 0.0536 e. The maximum Gasteiger partial charge on any atom is 0.0536 e. The molecule has 0 radical (unpaired) electrons. The molecule has 0 saturated heterocycles. The van der Waals surface area contributed by atoms with Gasteiger partial charge in [0.05, 0.1) is 6.04 Å². The Morgan fingerprint density at radius 1 is 1.28 bits per heavy atom. The van der Waals surface area contributed by atoms with Crippen LogP contribution in [0.15, 0.2) is 47.2 Å². The van der Waals surface area contributed by atoms with Gasteiger partial charge in [-0.05, 0) is 24.1 Å². The second kappa shape index (κ2) is 5.95. The Morgan fingerprint density at radius 3 is 2.72 bits per heavy atom. The molecule has 5 N–H and O–H groups in total. The van der Waals surface area contributed by atoms with Gasteiger partial charge in [0.25, 0.3) is 0 Å². The Labute approximate surface area is 115 Å². The van der Waals surface area contributed by atoms with E-state index in [1.807, 2.05) is 18.2 Å². The van der Waals surface area contributed by atoms with Gasteiger partial charge < -0.3 is 5.73 Å². The summed E-state index contributed by atoms with van der Waals surface area (Å²) in [5.74, 6) is 5.62. The minimum absolute atomic E-state index is 0.0580. The number of aromatic nitrogens is 1. The summed E-state index contributed by atoms with van der Waals surface area (Å²) in [4.78, 5) is 4.09. The van der Waals surface area contributed by atoms with Crippen molar-refractivity contribution < 1.29 is 0 Å². The SMILES string of the molecule is NNC(Cc1ccccc1Br)c1cnccc1N. The van der Waals surface area contributed by atoms with Crippen LogP contribution in [0.3, 0.4) is 0 Å². The molecule has 0 fully saturated rings. The van der Waals surface area contributed by atoms with Gasteiger partial charge in [-0.1, -0.05) is 34.1 Å². The molecule has 1 unspecified atom stereocenters. The number of nitrogens with two attached hydrogens (primary N) is 2. The number of pyridine rings is 1. The highest BCUT2D eigenvalue weighted by Gasteiger charge is 2.14. The zero-order chi connectivity index (χ0) is 13.0. The Balaban J connectivity index is 2.26. The molecule has 0 saturated carbocycles. The van der Waals surface area contributed by atoms with Gasteiger partial charge in [-0.2, -0.15) is 0 Å². The Kier molecular flexibility index (Phi) is 4.30. The summed E-state index contributed by atoms with van der Waals surface area (Å²) in [7, 11) is 0. The molecule has 0 spiro atoms. The molecule has 18 heavy (non-hydrogen) atoms. The number of hydrazine groups is 1. The third-order valence-electron chi connectivity index (χ3n) is 2.85. The zero-order valence-electron chi connectivity index (χ0n) is 9.81. The van der Waals surface area contributed by atoms with Gasteiger partial charge in [0, 0.05) is 28.1 Å². The fourth-order valence-corrected chi connectivity index (χ4v) is 2.30. The van der Waals surface area contributed by atoms with E-state index in [0.717, 1.165) is 16.5 Å². The summed E-state index contributed by atoms with van der Waals surface area (Å²) in [6, 6.07) is 9.77. The number of anilines is 1. The fraction of sp³-hybridized carbons (Fsp3) is 0.154. The number of hydrogen-bond donors (Lipinski definition) is 3. The quantitative estimate of drug-likeness (QED) is 0.597. The van der Waals surface area contributed by atoms with Crippen molar-refractivity contribution in [3.63, 3.8) is 0 Å². The van der Waals surface area contributed by atoms with E-state index in [9.17, 15) is 0 Å². The van der Waals surface area contributed by atoms with Gasteiger partial charge in [0.2, 0.25) is 0 Å². The fourth-order valence-electron chi connectivity index (χ4n) is 1.85. The molecule has 4 nitrogen and oxygen atoms in total. The summed E-state index contributed by atoms with van der Waals surface area (Å²) < 4.78 is 1.06. The molecular weight excluding hydrogens is 292 g/mol. The number of nitrogens with one attached hydrogen (secondary N) is 1. The summed E-state index contributed by atoms with van der Waals surface area (Å²) in [5, 5.41) is 0. The lowest BCUT2D eigenvalue weighted by Crippen LogP contribution is -2.30. The van der Waals surface area contributed by atoms with Crippen LogP contribution in [0.2, 0.25) is 0 Å². The molecule has 0 amide bonds. The first-order valence-electron chi connectivity index (χ1n) is 5.61. The number of halogens is 1. The minimum atomic E-state index is -0.0580. The summed E-state index contributed by atoms with van der Waals surface area (Å²) in [6.45, 7) is 0. The monoisotopic (exact) mass is 306 g/mol. The first-order valence-corrected chi connectivity index (χ1v) is 6.40. The third-order valence-corrected chi connectivity index (χ3v) is 3.62. The normalized spacial score (nSPS) is 12.3. The minimum Gasteiger partial charge on any atom is -0.398 e. The molecular formula is C13H15BrN4. The highest BCUT2D eigenvalue weighted by Crippen LogP contribution is 2.25. The number of rotatable bonds is 4. The number of nitrogen functional groups attached to an aromatic ring is 1. The van der Waals surface area contributed by atoms with Crippen molar-refractivity contribution in [2.45, 2.75) is 12.5 Å². The summed E-state index contributed by atoms with van der Waals surface area (Å²) >= 11 is 3.53. The van der Waals surface area contributed by atoms with Crippen LogP contribution in [0.1, 0.15) is 17.2 Å². The van der Waals surface area contributed by atoms with Crippen molar-refractivity contribution in [3.05, 3.63) is 58.3 Å². The van der Waals surface area contributed by atoms with Crippen LogP contribution >= 0.6 is 15.9 Å². The number of benzene rings is 1. The van der Waals surface area contributed by atoms with Crippen molar-refractivity contribution in [1.82, 2.24) is 10.4 Å². The summed E-state index contributed by atoms with van der Waals surface area (Å²) in [5.41, 5.74) is 11.5. The second-order valence-corrected chi connectivity index (χ2v) is 4.87. The van der Waals surface area contributed by atoms with Crippen LogP contribution in [-0.2, 0) is 6.42 Å². The van der Waals surface area contributed by atoms with E-state index in [2.05, 4.69) is 32.4 Å². The Morgan fingerprint density at radius 2 is 2.06 bits per heavy atom. The molecule has 94 valence electrons. The Hall–Kier alpha value is -1.43. The zero-order valence-corrected chi connectivity index (χ0v) is 11.4. The average molecular weight is 307 g/mol. The predicted molar refractivity (Wildman–Crippen MR) is 76.6 cm³/mol. The molecule has 0 bridgehead atoms. The predicted octanol–water partition coefficient (Wildman–Crippen LogP) is 2.17. The Bertz CT molecular complexity index is 530. The van der Waals surface area contributed by atoms with E-state index in [0.29, 0.717) is 5.69 Å². The van der Waals surface area contributed by atoms with E-state index in [1.54, 1.807) is 18.5 Å². The number of nitrogens with zero attached hydrogens (tertiary/aromatic N) is 1. The van der Waals surface area contributed by atoms with E-state index < -0.39 is 0 Å². The van der Waals surface area contributed by atoms with E-state index >= 15 is 0 Å². The van der Waals surface area contributed by atoms with Crippen LogP contribution in [0, 0.1) is 0 Å². The van der Waals surface area contributed by atoms with Gasteiger partial charge in [-0.25, -0.2) is 0 Å². The standard InChI is InChI=1S/C13H15BrN4/c14-11-4-2-1-3-9(11)7-13(18-16)10-8-17-6-5-12(10)15/h1-6,8,13,18H,7,16H2,(H2,15,17). The first kappa shape index (κ1) is 13.0. The van der Waals surface area contributed by atoms with Crippen LogP contribution in [0.5, 0.6) is 0 Å². The van der Waals surface area contributed by atoms with Crippen molar-refractivity contribution in [1.29, 1.82) is 0 Å². The van der Waals surface area contributed by atoms with Gasteiger partial charge in [0.15, 0.2) is 0 Å². The molecule has 1 heterocycles. The van der Waals surface area contributed by atoms with Crippen molar-refractivity contribution in [2.75, 3.05) is 5.73 Å². The lowest BCUT2D eigenvalue weighted by molar-refractivity contribution is 0.551. The van der Waals surface area contributed by atoms with Crippen LogP contribution in [0.25, 0.3) is 0 Å². The molecule has 0 aliphatic heterocycles. The lowest BCUT2D eigenvalue weighted by atomic mass is 10.00. The van der Waals surface area contributed by atoms with E-state index in [-0.39, 0.29) is 6.04 Å².